The monoisotopic (exact) mass is 509 g/mol. The van der Waals surface area contributed by atoms with Gasteiger partial charge in [0, 0.05) is 49.0 Å². The maximum atomic E-state index is 12.4. The number of carbonyl (C=O) groups excluding carboxylic acids is 2. The van der Waals surface area contributed by atoms with Gasteiger partial charge in [-0.1, -0.05) is 25.6 Å². The highest BCUT2D eigenvalue weighted by molar-refractivity contribution is 7.99. The summed E-state index contributed by atoms with van der Waals surface area (Å²) in [6.45, 7) is 9.44. The molecule has 9 nitrogen and oxygen atoms in total. The first kappa shape index (κ1) is 25.6. The number of ether oxygens (including phenoxy) is 1. The molecule has 0 saturated carbocycles. The van der Waals surface area contributed by atoms with Crippen molar-refractivity contribution in [2.75, 3.05) is 48.8 Å². The first-order valence-electron chi connectivity index (χ1n) is 12.1. The number of piperazine rings is 1. The largest absolute Gasteiger partial charge is 0.494 e. The first-order valence-corrected chi connectivity index (χ1v) is 13.0. The van der Waals surface area contributed by atoms with Gasteiger partial charge in [-0.2, -0.15) is 0 Å². The number of nitrogens with zero attached hydrogens (tertiary/aromatic N) is 4. The number of anilines is 2. The van der Waals surface area contributed by atoms with Crippen LogP contribution in [-0.2, 0) is 9.59 Å². The Bertz CT molecular complexity index is 1160. The summed E-state index contributed by atoms with van der Waals surface area (Å²) in [4.78, 5) is 28.8. The van der Waals surface area contributed by atoms with Crippen molar-refractivity contribution < 1.29 is 18.7 Å². The van der Waals surface area contributed by atoms with E-state index in [1.807, 2.05) is 74.2 Å². The van der Waals surface area contributed by atoms with E-state index in [1.165, 1.54) is 11.8 Å². The minimum atomic E-state index is -0.158. The average Bonchev–Trinajstić information content (AvgIpc) is 3.37. The summed E-state index contributed by atoms with van der Waals surface area (Å²) < 4.78 is 11.1. The van der Waals surface area contributed by atoms with Crippen LogP contribution in [0.1, 0.15) is 20.8 Å². The van der Waals surface area contributed by atoms with Gasteiger partial charge in [0.05, 0.1) is 12.4 Å². The smallest absolute Gasteiger partial charge is 0.277 e. The van der Waals surface area contributed by atoms with Crippen LogP contribution in [0.2, 0.25) is 0 Å². The topological polar surface area (TPSA) is 101 Å². The van der Waals surface area contributed by atoms with Gasteiger partial charge in [-0.25, -0.2) is 0 Å². The van der Waals surface area contributed by atoms with Crippen molar-refractivity contribution in [1.29, 1.82) is 0 Å². The third kappa shape index (κ3) is 6.57. The summed E-state index contributed by atoms with van der Waals surface area (Å²) >= 11 is 1.19. The van der Waals surface area contributed by atoms with Crippen LogP contribution in [-0.4, -0.2) is 65.5 Å². The van der Waals surface area contributed by atoms with Gasteiger partial charge < -0.3 is 24.3 Å². The van der Waals surface area contributed by atoms with Gasteiger partial charge in [-0.05, 0) is 55.5 Å². The zero-order valence-corrected chi connectivity index (χ0v) is 21.6. The van der Waals surface area contributed by atoms with Gasteiger partial charge in [0.1, 0.15) is 5.75 Å². The van der Waals surface area contributed by atoms with Crippen molar-refractivity contribution in [2.45, 2.75) is 26.0 Å². The number of thioether (sulfide) groups is 1. The summed E-state index contributed by atoms with van der Waals surface area (Å²) in [6.07, 6.45) is 0. The number of hydrogen-bond donors (Lipinski definition) is 1. The predicted molar refractivity (Wildman–Crippen MR) is 140 cm³/mol. The van der Waals surface area contributed by atoms with Crippen molar-refractivity contribution in [3.63, 3.8) is 0 Å². The number of rotatable bonds is 9. The van der Waals surface area contributed by atoms with Crippen LogP contribution in [0, 0.1) is 5.92 Å². The van der Waals surface area contributed by atoms with E-state index in [4.69, 9.17) is 9.15 Å². The average molecular weight is 510 g/mol. The van der Waals surface area contributed by atoms with E-state index in [0.29, 0.717) is 17.7 Å². The Morgan fingerprint density at radius 1 is 1.03 bits per heavy atom. The fraction of sp³-hybridized carbons (Fsp3) is 0.385. The molecule has 1 saturated heterocycles. The summed E-state index contributed by atoms with van der Waals surface area (Å²) in [7, 11) is 0. The number of aromatic nitrogens is 2. The molecule has 1 aromatic heterocycles. The second-order valence-electron chi connectivity index (χ2n) is 8.68. The second-order valence-corrected chi connectivity index (χ2v) is 9.61. The Kier molecular flexibility index (Phi) is 8.48. The van der Waals surface area contributed by atoms with Gasteiger partial charge in [0.15, 0.2) is 0 Å². The van der Waals surface area contributed by atoms with Crippen LogP contribution in [0.3, 0.4) is 0 Å². The summed E-state index contributed by atoms with van der Waals surface area (Å²) in [6, 6.07) is 15.2. The van der Waals surface area contributed by atoms with Gasteiger partial charge in [0.2, 0.25) is 17.7 Å². The Balaban J connectivity index is 1.23. The number of amides is 2. The molecular weight excluding hydrogens is 478 g/mol. The Hall–Kier alpha value is -3.53. The molecule has 1 fully saturated rings. The van der Waals surface area contributed by atoms with E-state index in [2.05, 4.69) is 20.4 Å². The lowest BCUT2D eigenvalue weighted by atomic mass is 10.1. The zero-order valence-electron chi connectivity index (χ0n) is 20.8. The molecule has 0 radical (unpaired) electrons. The molecule has 1 aliphatic rings. The number of benzene rings is 2. The van der Waals surface area contributed by atoms with E-state index in [0.717, 1.165) is 48.9 Å². The summed E-state index contributed by atoms with van der Waals surface area (Å²) in [5, 5.41) is 11.3. The fourth-order valence-electron chi connectivity index (χ4n) is 3.88. The normalized spacial score (nSPS) is 13.7. The maximum Gasteiger partial charge on any atom is 0.277 e. The van der Waals surface area contributed by atoms with Crippen molar-refractivity contribution in [3.05, 3.63) is 48.5 Å². The molecule has 1 N–H and O–H groups in total. The molecule has 1 aliphatic heterocycles. The lowest BCUT2D eigenvalue weighted by molar-refractivity contribution is -0.134. The quantitative estimate of drug-likeness (QED) is 0.429. The molecule has 2 amide bonds. The van der Waals surface area contributed by atoms with Crippen LogP contribution in [0.5, 0.6) is 5.75 Å². The van der Waals surface area contributed by atoms with E-state index >= 15 is 0 Å². The Morgan fingerprint density at radius 3 is 2.36 bits per heavy atom. The third-order valence-electron chi connectivity index (χ3n) is 5.75. The zero-order chi connectivity index (χ0) is 25.5. The van der Waals surface area contributed by atoms with E-state index < -0.39 is 0 Å². The van der Waals surface area contributed by atoms with E-state index in [-0.39, 0.29) is 23.5 Å². The summed E-state index contributed by atoms with van der Waals surface area (Å²) in [5.41, 5.74) is 2.58. The van der Waals surface area contributed by atoms with Crippen molar-refractivity contribution >= 4 is 35.0 Å². The van der Waals surface area contributed by atoms with Crippen LogP contribution >= 0.6 is 11.8 Å². The second kappa shape index (κ2) is 11.9. The highest BCUT2D eigenvalue weighted by atomic mass is 32.2. The molecule has 2 heterocycles. The van der Waals surface area contributed by atoms with Gasteiger partial charge >= 0.3 is 0 Å². The highest BCUT2D eigenvalue weighted by Gasteiger charge is 2.23. The minimum Gasteiger partial charge on any atom is -0.494 e. The molecule has 190 valence electrons. The SMILES string of the molecule is CCOc1ccc(-c2nnc(SCC(=O)Nc3ccc(N4CCN(C(=O)C(C)C)CC4)cc3)o2)cc1. The molecule has 36 heavy (non-hydrogen) atoms. The number of carbonyl (C=O) groups is 2. The molecule has 0 atom stereocenters. The molecule has 2 aromatic carbocycles. The molecular formula is C26H31N5O4S. The third-order valence-corrected chi connectivity index (χ3v) is 6.57. The summed E-state index contributed by atoms with van der Waals surface area (Å²) in [5.74, 6) is 1.40. The lowest BCUT2D eigenvalue weighted by Crippen LogP contribution is -2.49. The van der Waals surface area contributed by atoms with E-state index in [9.17, 15) is 9.59 Å². The maximum absolute atomic E-state index is 12.4. The molecule has 3 aromatic rings. The lowest BCUT2D eigenvalue weighted by Gasteiger charge is -2.37. The molecule has 0 bridgehead atoms. The molecule has 4 rings (SSSR count). The fourth-order valence-corrected chi connectivity index (χ4v) is 4.44. The molecule has 0 spiro atoms. The number of hydrogen-bond acceptors (Lipinski definition) is 8. The van der Waals surface area contributed by atoms with E-state index in [1.54, 1.807) is 0 Å². The van der Waals surface area contributed by atoms with Crippen molar-refractivity contribution in [2.24, 2.45) is 5.92 Å². The molecule has 0 aliphatic carbocycles. The van der Waals surface area contributed by atoms with Crippen LogP contribution < -0.4 is 15.0 Å². The van der Waals surface area contributed by atoms with Gasteiger partial charge in [0.25, 0.3) is 5.22 Å². The first-order chi connectivity index (χ1) is 17.4. The minimum absolute atomic E-state index is 0.0257. The van der Waals surface area contributed by atoms with Crippen LogP contribution in [0.4, 0.5) is 11.4 Å². The van der Waals surface area contributed by atoms with Crippen molar-refractivity contribution in [1.82, 2.24) is 15.1 Å². The number of nitrogens with one attached hydrogen (secondary N) is 1. The van der Waals surface area contributed by atoms with Gasteiger partial charge in [-0.15, -0.1) is 10.2 Å². The molecule has 0 unspecified atom stereocenters. The van der Waals surface area contributed by atoms with Crippen LogP contribution in [0.25, 0.3) is 11.5 Å². The standard InChI is InChI=1S/C26H31N5O4S/c1-4-34-22-11-5-19(6-12-22)24-28-29-26(35-24)36-17-23(32)27-20-7-9-21(10-8-20)30-13-15-31(16-14-30)25(33)18(2)3/h5-12,18H,4,13-17H2,1-3H3,(H,27,32). The van der Waals surface area contributed by atoms with Gasteiger partial charge in [-0.3, -0.25) is 9.59 Å². The Morgan fingerprint density at radius 2 is 1.72 bits per heavy atom. The van der Waals surface area contributed by atoms with Crippen LogP contribution in [0.15, 0.2) is 58.2 Å². The molecule has 10 heteroatoms. The highest BCUT2D eigenvalue weighted by Crippen LogP contribution is 2.25. The van der Waals surface area contributed by atoms with Crippen molar-refractivity contribution in [3.8, 4) is 17.2 Å². The Labute approximate surface area is 215 Å². The predicted octanol–water partition coefficient (Wildman–Crippen LogP) is 4.17.